The first-order valence-corrected chi connectivity index (χ1v) is 7.38. The summed E-state index contributed by atoms with van der Waals surface area (Å²) in [7, 11) is 0. The highest BCUT2D eigenvalue weighted by atomic mass is 16.3. The molecule has 3 fully saturated rings. The van der Waals surface area contributed by atoms with E-state index in [1.165, 1.54) is 6.42 Å². The van der Waals surface area contributed by atoms with E-state index in [2.05, 4.69) is 5.32 Å². The number of carbonyl (C=O) groups excluding carboxylic acids is 1. The quantitative estimate of drug-likeness (QED) is 0.762. The van der Waals surface area contributed by atoms with Gasteiger partial charge >= 0.3 is 0 Å². The molecule has 0 aromatic carbocycles. The molecule has 102 valence electrons. The van der Waals surface area contributed by atoms with Crippen LogP contribution in [0.2, 0.25) is 0 Å². The van der Waals surface area contributed by atoms with Crippen LogP contribution in [-0.4, -0.2) is 47.7 Å². The molecule has 2 atom stereocenters. The fraction of sp³-hybridized carbons (Fsp3) is 0.929. The Morgan fingerprint density at radius 2 is 2.17 bits per heavy atom. The zero-order valence-electron chi connectivity index (χ0n) is 11.0. The first-order chi connectivity index (χ1) is 8.67. The number of aliphatic hydroxyl groups is 1. The predicted molar refractivity (Wildman–Crippen MR) is 69.1 cm³/mol. The van der Waals surface area contributed by atoms with Crippen LogP contribution >= 0.6 is 0 Å². The fourth-order valence-corrected chi connectivity index (χ4v) is 3.67. The summed E-state index contributed by atoms with van der Waals surface area (Å²) in [6.07, 6.45) is 5.86. The van der Waals surface area contributed by atoms with Crippen LogP contribution in [0.1, 0.15) is 38.5 Å². The van der Waals surface area contributed by atoms with Gasteiger partial charge < -0.3 is 15.3 Å². The van der Waals surface area contributed by atoms with E-state index in [4.69, 9.17) is 0 Å². The van der Waals surface area contributed by atoms with Gasteiger partial charge in [-0.2, -0.15) is 0 Å². The smallest absolute Gasteiger partial charge is 0.222 e. The number of carbonyl (C=O) groups is 1. The lowest BCUT2D eigenvalue weighted by Crippen LogP contribution is -2.55. The van der Waals surface area contributed by atoms with Crippen molar-refractivity contribution in [3.8, 4) is 0 Å². The van der Waals surface area contributed by atoms with E-state index in [0.717, 1.165) is 51.9 Å². The maximum absolute atomic E-state index is 12.2. The van der Waals surface area contributed by atoms with E-state index in [0.29, 0.717) is 24.2 Å². The van der Waals surface area contributed by atoms with Crippen molar-refractivity contribution in [3.05, 3.63) is 0 Å². The molecule has 1 amide bonds. The fourth-order valence-electron chi connectivity index (χ4n) is 3.67. The molecule has 1 aliphatic carbocycles. The standard InChI is InChI=1S/C14H24N2O2/c17-13(7-11-8-15-9-11)16-6-5-14(18)4-2-1-3-12(14)10-16/h11-12,15,18H,1-10H2. The van der Waals surface area contributed by atoms with Crippen LogP contribution in [0, 0.1) is 11.8 Å². The van der Waals surface area contributed by atoms with Crippen LogP contribution in [0.15, 0.2) is 0 Å². The molecule has 0 bridgehead atoms. The minimum atomic E-state index is -0.465. The summed E-state index contributed by atoms with van der Waals surface area (Å²) in [4.78, 5) is 14.2. The molecule has 3 rings (SSSR count). The molecule has 2 aliphatic heterocycles. The highest BCUT2D eigenvalue weighted by Crippen LogP contribution is 2.39. The number of hydrogen-bond donors (Lipinski definition) is 2. The van der Waals surface area contributed by atoms with Gasteiger partial charge in [-0.3, -0.25) is 4.79 Å². The monoisotopic (exact) mass is 252 g/mol. The summed E-state index contributed by atoms with van der Waals surface area (Å²) in [5.74, 6) is 1.17. The molecule has 4 heteroatoms. The van der Waals surface area contributed by atoms with Crippen molar-refractivity contribution >= 4 is 5.91 Å². The van der Waals surface area contributed by atoms with Gasteiger partial charge in [0.25, 0.3) is 0 Å². The molecule has 3 aliphatic rings. The van der Waals surface area contributed by atoms with Crippen LogP contribution < -0.4 is 5.32 Å². The van der Waals surface area contributed by atoms with Crippen molar-refractivity contribution in [2.75, 3.05) is 26.2 Å². The zero-order valence-corrected chi connectivity index (χ0v) is 11.0. The molecule has 2 heterocycles. The van der Waals surface area contributed by atoms with Gasteiger partial charge in [0.2, 0.25) is 5.91 Å². The van der Waals surface area contributed by atoms with Crippen LogP contribution in [0.4, 0.5) is 0 Å². The van der Waals surface area contributed by atoms with E-state index in [9.17, 15) is 9.90 Å². The predicted octanol–water partition coefficient (Wildman–Crippen LogP) is 0.749. The summed E-state index contributed by atoms with van der Waals surface area (Å²) in [5, 5.41) is 13.8. The second kappa shape index (κ2) is 4.82. The third-order valence-electron chi connectivity index (χ3n) is 5.11. The number of amides is 1. The van der Waals surface area contributed by atoms with Crippen LogP contribution in [0.25, 0.3) is 0 Å². The molecule has 18 heavy (non-hydrogen) atoms. The molecule has 0 aromatic heterocycles. The van der Waals surface area contributed by atoms with Gasteiger partial charge in [-0.1, -0.05) is 12.8 Å². The van der Waals surface area contributed by atoms with Gasteiger partial charge in [0.05, 0.1) is 5.60 Å². The maximum Gasteiger partial charge on any atom is 0.222 e. The Hall–Kier alpha value is -0.610. The first-order valence-electron chi connectivity index (χ1n) is 7.38. The van der Waals surface area contributed by atoms with E-state index in [1.807, 2.05) is 4.90 Å². The molecule has 2 saturated heterocycles. The number of nitrogens with one attached hydrogen (secondary N) is 1. The second-order valence-electron chi connectivity index (χ2n) is 6.36. The summed E-state index contributed by atoms with van der Waals surface area (Å²) in [5.41, 5.74) is -0.465. The number of likely N-dealkylation sites (tertiary alicyclic amines) is 1. The lowest BCUT2D eigenvalue weighted by Gasteiger charge is -2.47. The van der Waals surface area contributed by atoms with Crippen LogP contribution in [0.5, 0.6) is 0 Å². The molecule has 0 radical (unpaired) electrons. The lowest BCUT2D eigenvalue weighted by molar-refractivity contribution is -0.144. The molecular weight excluding hydrogens is 228 g/mol. The third-order valence-corrected chi connectivity index (χ3v) is 5.11. The SMILES string of the molecule is O=C(CC1CNC1)N1CCC2(O)CCCCC2C1. The Bertz CT molecular complexity index is 330. The molecule has 1 saturated carbocycles. The largest absolute Gasteiger partial charge is 0.389 e. The molecule has 2 unspecified atom stereocenters. The zero-order chi connectivity index (χ0) is 12.6. The lowest BCUT2D eigenvalue weighted by atomic mass is 9.71. The molecule has 0 spiro atoms. The van der Waals surface area contributed by atoms with Gasteiger partial charge in [0.15, 0.2) is 0 Å². The molecule has 2 N–H and O–H groups in total. The Balaban J connectivity index is 1.57. The summed E-state index contributed by atoms with van der Waals surface area (Å²) in [6, 6.07) is 0. The van der Waals surface area contributed by atoms with Crippen molar-refractivity contribution in [2.45, 2.75) is 44.1 Å². The minimum Gasteiger partial charge on any atom is -0.389 e. The van der Waals surface area contributed by atoms with Crippen LogP contribution in [0.3, 0.4) is 0 Å². The summed E-state index contributed by atoms with van der Waals surface area (Å²) < 4.78 is 0. The van der Waals surface area contributed by atoms with Gasteiger partial charge in [0.1, 0.15) is 0 Å². The number of piperidine rings is 1. The first kappa shape index (κ1) is 12.4. The molecular formula is C14H24N2O2. The van der Waals surface area contributed by atoms with Gasteiger partial charge in [0, 0.05) is 25.4 Å². The third kappa shape index (κ3) is 2.28. The summed E-state index contributed by atoms with van der Waals surface area (Å²) >= 11 is 0. The number of fused-ring (bicyclic) bond motifs is 1. The Labute approximate surface area is 109 Å². The van der Waals surface area contributed by atoms with Crippen molar-refractivity contribution < 1.29 is 9.90 Å². The highest BCUT2D eigenvalue weighted by molar-refractivity contribution is 5.76. The average molecular weight is 252 g/mol. The number of rotatable bonds is 2. The highest BCUT2D eigenvalue weighted by Gasteiger charge is 2.43. The Morgan fingerprint density at radius 1 is 1.33 bits per heavy atom. The second-order valence-corrected chi connectivity index (χ2v) is 6.36. The Morgan fingerprint density at radius 3 is 2.89 bits per heavy atom. The van der Waals surface area contributed by atoms with Crippen molar-refractivity contribution in [3.63, 3.8) is 0 Å². The number of hydrogen-bond acceptors (Lipinski definition) is 3. The minimum absolute atomic E-state index is 0.300. The molecule has 4 nitrogen and oxygen atoms in total. The van der Waals surface area contributed by atoms with Crippen molar-refractivity contribution in [2.24, 2.45) is 11.8 Å². The van der Waals surface area contributed by atoms with E-state index >= 15 is 0 Å². The summed E-state index contributed by atoms with van der Waals surface area (Å²) in [6.45, 7) is 3.53. The van der Waals surface area contributed by atoms with Gasteiger partial charge in [-0.25, -0.2) is 0 Å². The van der Waals surface area contributed by atoms with Gasteiger partial charge in [-0.15, -0.1) is 0 Å². The van der Waals surface area contributed by atoms with Gasteiger partial charge in [-0.05, 0) is 38.3 Å². The molecule has 0 aromatic rings. The number of nitrogens with zero attached hydrogens (tertiary/aromatic N) is 1. The van der Waals surface area contributed by atoms with Crippen LogP contribution in [-0.2, 0) is 4.79 Å². The topological polar surface area (TPSA) is 52.6 Å². The maximum atomic E-state index is 12.2. The van der Waals surface area contributed by atoms with Crippen molar-refractivity contribution in [1.29, 1.82) is 0 Å². The van der Waals surface area contributed by atoms with E-state index in [1.54, 1.807) is 0 Å². The van der Waals surface area contributed by atoms with E-state index < -0.39 is 5.60 Å². The van der Waals surface area contributed by atoms with E-state index in [-0.39, 0.29) is 0 Å². The normalized spacial score (nSPS) is 36.9. The average Bonchev–Trinajstić information content (AvgIpc) is 2.32. The van der Waals surface area contributed by atoms with Crippen molar-refractivity contribution in [1.82, 2.24) is 10.2 Å². The Kier molecular flexibility index (Phi) is 3.32.